The second-order valence-electron chi connectivity index (χ2n) is 5.32. The third kappa shape index (κ3) is 6.68. The fourth-order valence-corrected chi connectivity index (χ4v) is 1.89. The van der Waals surface area contributed by atoms with Gasteiger partial charge in [0.1, 0.15) is 0 Å². The Labute approximate surface area is 121 Å². The van der Waals surface area contributed by atoms with Gasteiger partial charge in [-0.1, -0.05) is 38.1 Å². The summed E-state index contributed by atoms with van der Waals surface area (Å²) in [5.74, 6) is 0.590. The summed E-state index contributed by atoms with van der Waals surface area (Å²) in [7, 11) is 0. The number of benzene rings is 1. The molecule has 0 saturated heterocycles. The van der Waals surface area contributed by atoms with Gasteiger partial charge in [0.15, 0.2) is 0 Å². The maximum atomic E-state index is 11.8. The van der Waals surface area contributed by atoms with Gasteiger partial charge in [0.2, 0.25) is 5.91 Å². The van der Waals surface area contributed by atoms with Crippen molar-refractivity contribution in [1.29, 1.82) is 0 Å². The van der Waals surface area contributed by atoms with E-state index in [9.17, 15) is 4.79 Å². The van der Waals surface area contributed by atoms with E-state index in [0.717, 1.165) is 24.2 Å². The Morgan fingerprint density at radius 2 is 2.00 bits per heavy atom. The van der Waals surface area contributed by atoms with E-state index in [1.807, 2.05) is 24.3 Å². The van der Waals surface area contributed by atoms with Crippen molar-refractivity contribution in [3.05, 3.63) is 35.4 Å². The highest BCUT2D eigenvalue weighted by Gasteiger charge is 2.06. The number of amides is 1. The molecule has 0 radical (unpaired) electrons. The van der Waals surface area contributed by atoms with E-state index >= 15 is 0 Å². The van der Waals surface area contributed by atoms with Crippen LogP contribution in [0.3, 0.4) is 0 Å². The van der Waals surface area contributed by atoms with E-state index < -0.39 is 0 Å². The molecule has 20 heavy (non-hydrogen) atoms. The largest absolute Gasteiger partial charge is 0.381 e. The van der Waals surface area contributed by atoms with Gasteiger partial charge in [-0.25, -0.2) is 0 Å². The minimum Gasteiger partial charge on any atom is -0.381 e. The molecule has 1 amide bonds. The number of hydrogen-bond acceptors (Lipinski definition) is 3. The molecule has 112 valence electrons. The first-order valence-corrected chi connectivity index (χ1v) is 7.24. The molecule has 0 aliphatic rings. The topological polar surface area (TPSA) is 64.3 Å². The van der Waals surface area contributed by atoms with E-state index in [2.05, 4.69) is 19.2 Å². The Morgan fingerprint density at radius 3 is 2.65 bits per heavy atom. The summed E-state index contributed by atoms with van der Waals surface area (Å²) in [5.41, 5.74) is 7.69. The van der Waals surface area contributed by atoms with Crippen molar-refractivity contribution in [2.24, 2.45) is 11.7 Å². The molecule has 0 saturated carbocycles. The average Bonchev–Trinajstić information content (AvgIpc) is 2.43. The van der Waals surface area contributed by atoms with Crippen LogP contribution in [0.25, 0.3) is 0 Å². The predicted octanol–water partition coefficient (Wildman–Crippen LogP) is 1.87. The van der Waals surface area contributed by atoms with Gasteiger partial charge in [-0.05, 0) is 23.5 Å². The average molecular weight is 278 g/mol. The zero-order chi connectivity index (χ0) is 14.8. The number of nitrogens with one attached hydrogen (secondary N) is 1. The Hall–Kier alpha value is -1.39. The number of carbonyl (C=O) groups excluding carboxylic acids is 1. The van der Waals surface area contributed by atoms with Crippen molar-refractivity contribution < 1.29 is 9.53 Å². The van der Waals surface area contributed by atoms with E-state index in [0.29, 0.717) is 32.0 Å². The van der Waals surface area contributed by atoms with Crippen molar-refractivity contribution in [1.82, 2.24) is 5.32 Å². The highest BCUT2D eigenvalue weighted by molar-refractivity contribution is 5.78. The summed E-state index contributed by atoms with van der Waals surface area (Å²) in [6.07, 6.45) is 1.23. The summed E-state index contributed by atoms with van der Waals surface area (Å²) in [6, 6.07) is 7.78. The fourth-order valence-electron chi connectivity index (χ4n) is 1.89. The highest BCUT2D eigenvalue weighted by atomic mass is 16.5. The molecule has 0 unspecified atom stereocenters. The molecule has 1 aromatic carbocycles. The van der Waals surface area contributed by atoms with Crippen molar-refractivity contribution in [2.45, 2.75) is 33.2 Å². The van der Waals surface area contributed by atoms with E-state index in [1.54, 1.807) is 0 Å². The van der Waals surface area contributed by atoms with Crippen LogP contribution < -0.4 is 11.1 Å². The number of hydrogen-bond donors (Lipinski definition) is 2. The van der Waals surface area contributed by atoms with Crippen LogP contribution in [0.1, 0.15) is 31.4 Å². The third-order valence-corrected chi connectivity index (χ3v) is 2.93. The van der Waals surface area contributed by atoms with E-state index in [4.69, 9.17) is 10.5 Å². The van der Waals surface area contributed by atoms with Gasteiger partial charge in [-0.2, -0.15) is 0 Å². The van der Waals surface area contributed by atoms with Crippen molar-refractivity contribution >= 4 is 5.91 Å². The summed E-state index contributed by atoms with van der Waals surface area (Å²) >= 11 is 0. The first kappa shape index (κ1) is 16.7. The van der Waals surface area contributed by atoms with Crippen LogP contribution in [-0.4, -0.2) is 25.7 Å². The summed E-state index contributed by atoms with van der Waals surface area (Å²) in [4.78, 5) is 11.8. The van der Waals surface area contributed by atoms with Gasteiger partial charge in [-0.15, -0.1) is 0 Å². The molecule has 0 aromatic heterocycles. The molecule has 0 heterocycles. The quantitative estimate of drug-likeness (QED) is 0.678. The molecule has 0 atom stereocenters. The summed E-state index contributed by atoms with van der Waals surface area (Å²) < 4.78 is 5.46. The fraction of sp³-hybridized carbons (Fsp3) is 0.562. The SMILES string of the molecule is CC(C)COCCCNC(=O)Cc1ccccc1CN. The molecule has 1 aromatic rings. The van der Waals surface area contributed by atoms with E-state index in [-0.39, 0.29) is 5.91 Å². The lowest BCUT2D eigenvalue weighted by atomic mass is 10.0. The van der Waals surface area contributed by atoms with Gasteiger partial charge in [0.25, 0.3) is 0 Å². The minimum absolute atomic E-state index is 0.0368. The van der Waals surface area contributed by atoms with Gasteiger partial charge < -0.3 is 15.8 Å². The van der Waals surface area contributed by atoms with Gasteiger partial charge in [0, 0.05) is 26.3 Å². The van der Waals surface area contributed by atoms with Crippen molar-refractivity contribution in [3.8, 4) is 0 Å². The number of ether oxygens (including phenoxy) is 1. The first-order chi connectivity index (χ1) is 9.63. The zero-order valence-corrected chi connectivity index (χ0v) is 12.5. The lowest BCUT2D eigenvalue weighted by Crippen LogP contribution is -2.27. The summed E-state index contributed by atoms with van der Waals surface area (Å²) in [6.45, 7) is 6.83. The molecular formula is C16H26N2O2. The molecule has 0 fully saturated rings. The second-order valence-corrected chi connectivity index (χ2v) is 5.32. The highest BCUT2D eigenvalue weighted by Crippen LogP contribution is 2.08. The van der Waals surface area contributed by atoms with Crippen LogP contribution in [0, 0.1) is 5.92 Å². The van der Waals surface area contributed by atoms with Crippen LogP contribution >= 0.6 is 0 Å². The predicted molar refractivity (Wildman–Crippen MR) is 81.3 cm³/mol. The summed E-state index contributed by atoms with van der Waals surface area (Å²) in [5, 5.41) is 2.91. The zero-order valence-electron chi connectivity index (χ0n) is 12.5. The van der Waals surface area contributed by atoms with Crippen molar-refractivity contribution in [3.63, 3.8) is 0 Å². The molecule has 0 aliphatic heterocycles. The molecular weight excluding hydrogens is 252 g/mol. The normalized spacial score (nSPS) is 10.8. The lowest BCUT2D eigenvalue weighted by Gasteiger charge is -2.09. The van der Waals surface area contributed by atoms with Crippen molar-refractivity contribution in [2.75, 3.05) is 19.8 Å². The van der Waals surface area contributed by atoms with Crippen LogP contribution in [0.5, 0.6) is 0 Å². The van der Waals surface area contributed by atoms with Gasteiger partial charge >= 0.3 is 0 Å². The van der Waals surface area contributed by atoms with Crippen LogP contribution in [0.4, 0.5) is 0 Å². The molecule has 4 nitrogen and oxygen atoms in total. The van der Waals surface area contributed by atoms with Crippen LogP contribution in [0.2, 0.25) is 0 Å². The van der Waals surface area contributed by atoms with Gasteiger partial charge in [0.05, 0.1) is 6.42 Å². The number of nitrogens with two attached hydrogens (primary N) is 1. The lowest BCUT2D eigenvalue weighted by molar-refractivity contribution is -0.120. The van der Waals surface area contributed by atoms with Crippen LogP contribution in [0.15, 0.2) is 24.3 Å². The molecule has 3 N–H and O–H groups in total. The molecule has 1 rings (SSSR count). The molecule has 0 spiro atoms. The standard InChI is InChI=1S/C16H26N2O2/c1-13(2)12-20-9-5-8-18-16(19)10-14-6-3-4-7-15(14)11-17/h3-4,6-7,13H,5,8-12,17H2,1-2H3,(H,18,19). The van der Waals surface area contributed by atoms with E-state index in [1.165, 1.54) is 0 Å². The number of carbonyl (C=O) groups is 1. The maximum absolute atomic E-state index is 11.8. The smallest absolute Gasteiger partial charge is 0.224 e. The molecule has 0 bridgehead atoms. The monoisotopic (exact) mass is 278 g/mol. The maximum Gasteiger partial charge on any atom is 0.224 e. The third-order valence-electron chi connectivity index (χ3n) is 2.93. The Morgan fingerprint density at radius 1 is 1.30 bits per heavy atom. The first-order valence-electron chi connectivity index (χ1n) is 7.24. The Bertz CT molecular complexity index is 405. The second kappa shape index (κ2) is 9.50. The van der Waals surface area contributed by atoms with Gasteiger partial charge in [-0.3, -0.25) is 4.79 Å². The van der Waals surface area contributed by atoms with Crippen LogP contribution in [-0.2, 0) is 22.5 Å². The Kier molecular flexibility index (Phi) is 7.92. The minimum atomic E-state index is 0.0368. The Balaban J connectivity index is 2.20. The number of rotatable bonds is 9. The molecule has 0 aliphatic carbocycles. The molecule has 4 heteroatoms.